The molecule has 0 heterocycles. The summed E-state index contributed by atoms with van der Waals surface area (Å²) in [6.45, 7) is 3.54. The van der Waals surface area contributed by atoms with Crippen LogP contribution < -0.4 is 10.5 Å². The van der Waals surface area contributed by atoms with E-state index in [9.17, 15) is 0 Å². The first kappa shape index (κ1) is 14.5. The summed E-state index contributed by atoms with van der Waals surface area (Å²) in [4.78, 5) is 0. The summed E-state index contributed by atoms with van der Waals surface area (Å²) in [6, 6.07) is 6.00. The molecule has 0 atom stereocenters. The third kappa shape index (κ3) is 5.55. The second kappa shape index (κ2) is 8.54. The monoisotopic (exact) mass is 299 g/mol. The summed E-state index contributed by atoms with van der Waals surface area (Å²) >= 11 is 3.45. The topological polar surface area (TPSA) is 35.2 Å². The maximum Gasteiger partial charge on any atom is 0.124 e. The van der Waals surface area contributed by atoms with E-state index in [1.165, 1.54) is 25.7 Å². The lowest BCUT2D eigenvalue weighted by Crippen LogP contribution is -2.03. The van der Waals surface area contributed by atoms with Crippen LogP contribution in [0.1, 0.15) is 44.6 Å². The highest BCUT2D eigenvalue weighted by molar-refractivity contribution is 9.10. The Morgan fingerprint density at radius 2 is 1.94 bits per heavy atom. The van der Waals surface area contributed by atoms with E-state index >= 15 is 0 Å². The number of unbranched alkanes of at least 4 members (excludes halogenated alkanes) is 4. The minimum Gasteiger partial charge on any atom is -0.493 e. The van der Waals surface area contributed by atoms with Gasteiger partial charge in [-0.2, -0.15) is 0 Å². The average molecular weight is 300 g/mol. The third-order valence-electron chi connectivity index (χ3n) is 2.75. The molecule has 0 amide bonds. The Kier molecular flexibility index (Phi) is 7.29. The lowest BCUT2D eigenvalue weighted by molar-refractivity contribution is 0.301. The highest BCUT2D eigenvalue weighted by atomic mass is 79.9. The lowest BCUT2D eigenvalue weighted by atomic mass is 10.1. The SMILES string of the molecule is CCCCCCCOc1cc(Br)ccc1CN. The Morgan fingerprint density at radius 3 is 2.65 bits per heavy atom. The van der Waals surface area contributed by atoms with E-state index in [1.54, 1.807) is 0 Å². The van der Waals surface area contributed by atoms with Crippen LogP contribution in [0.5, 0.6) is 5.75 Å². The van der Waals surface area contributed by atoms with Gasteiger partial charge in [0.25, 0.3) is 0 Å². The van der Waals surface area contributed by atoms with Crippen LogP contribution in [0.3, 0.4) is 0 Å². The first-order chi connectivity index (χ1) is 8.27. The van der Waals surface area contributed by atoms with Crippen molar-refractivity contribution < 1.29 is 4.74 Å². The molecule has 0 aromatic heterocycles. The molecule has 0 bridgehead atoms. The molecule has 0 aliphatic heterocycles. The molecule has 2 N–H and O–H groups in total. The number of hydrogen-bond donors (Lipinski definition) is 1. The molecule has 0 unspecified atom stereocenters. The summed E-state index contributed by atoms with van der Waals surface area (Å²) in [6.07, 6.45) is 6.28. The molecule has 17 heavy (non-hydrogen) atoms. The molecule has 0 aliphatic rings. The van der Waals surface area contributed by atoms with Gasteiger partial charge < -0.3 is 10.5 Å². The fourth-order valence-corrected chi connectivity index (χ4v) is 2.06. The summed E-state index contributed by atoms with van der Waals surface area (Å²) in [5, 5.41) is 0. The van der Waals surface area contributed by atoms with Crippen LogP contribution in [0.4, 0.5) is 0 Å². The highest BCUT2D eigenvalue weighted by Gasteiger charge is 2.02. The highest BCUT2D eigenvalue weighted by Crippen LogP contribution is 2.23. The number of nitrogens with two attached hydrogens (primary N) is 1. The van der Waals surface area contributed by atoms with Gasteiger partial charge in [-0.15, -0.1) is 0 Å². The number of benzene rings is 1. The van der Waals surface area contributed by atoms with Gasteiger partial charge in [0.15, 0.2) is 0 Å². The fourth-order valence-electron chi connectivity index (χ4n) is 1.72. The predicted molar refractivity (Wildman–Crippen MR) is 76.3 cm³/mol. The van der Waals surface area contributed by atoms with Crippen LogP contribution in [-0.4, -0.2) is 6.61 Å². The lowest BCUT2D eigenvalue weighted by Gasteiger charge is -2.10. The molecule has 0 fully saturated rings. The Hall–Kier alpha value is -0.540. The van der Waals surface area contributed by atoms with Crippen molar-refractivity contribution >= 4 is 15.9 Å². The zero-order valence-corrected chi connectivity index (χ0v) is 12.1. The van der Waals surface area contributed by atoms with E-state index in [1.807, 2.05) is 18.2 Å². The van der Waals surface area contributed by atoms with Crippen molar-refractivity contribution in [1.82, 2.24) is 0 Å². The van der Waals surface area contributed by atoms with E-state index in [2.05, 4.69) is 22.9 Å². The largest absolute Gasteiger partial charge is 0.493 e. The molecule has 1 rings (SSSR count). The summed E-state index contributed by atoms with van der Waals surface area (Å²) in [5.41, 5.74) is 6.75. The molecular weight excluding hydrogens is 278 g/mol. The van der Waals surface area contributed by atoms with Crippen molar-refractivity contribution in [3.63, 3.8) is 0 Å². The quantitative estimate of drug-likeness (QED) is 0.728. The van der Waals surface area contributed by atoms with Gasteiger partial charge in [-0.25, -0.2) is 0 Å². The zero-order chi connectivity index (χ0) is 12.5. The molecule has 96 valence electrons. The second-order valence-corrected chi connectivity index (χ2v) is 5.13. The molecule has 3 heteroatoms. The van der Waals surface area contributed by atoms with Crippen LogP contribution in [0.15, 0.2) is 22.7 Å². The van der Waals surface area contributed by atoms with Gasteiger partial charge in [-0.1, -0.05) is 54.6 Å². The zero-order valence-electron chi connectivity index (χ0n) is 10.5. The van der Waals surface area contributed by atoms with Crippen LogP contribution in [0.25, 0.3) is 0 Å². The van der Waals surface area contributed by atoms with Crippen molar-refractivity contribution in [2.75, 3.05) is 6.61 Å². The second-order valence-electron chi connectivity index (χ2n) is 4.22. The molecular formula is C14H22BrNO. The third-order valence-corrected chi connectivity index (χ3v) is 3.25. The summed E-state index contributed by atoms with van der Waals surface area (Å²) in [7, 11) is 0. The molecule has 0 aliphatic carbocycles. The van der Waals surface area contributed by atoms with Crippen LogP contribution >= 0.6 is 15.9 Å². The van der Waals surface area contributed by atoms with Crippen molar-refractivity contribution in [2.45, 2.75) is 45.6 Å². The smallest absolute Gasteiger partial charge is 0.124 e. The minimum absolute atomic E-state index is 0.526. The minimum atomic E-state index is 0.526. The van der Waals surface area contributed by atoms with Gasteiger partial charge in [0, 0.05) is 16.6 Å². The fraction of sp³-hybridized carbons (Fsp3) is 0.571. The normalized spacial score (nSPS) is 10.5. The Morgan fingerprint density at radius 1 is 1.18 bits per heavy atom. The maximum atomic E-state index is 5.78. The number of hydrogen-bond acceptors (Lipinski definition) is 2. The molecule has 0 radical (unpaired) electrons. The summed E-state index contributed by atoms with van der Waals surface area (Å²) in [5.74, 6) is 0.914. The van der Waals surface area contributed by atoms with E-state index in [-0.39, 0.29) is 0 Å². The van der Waals surface area contributed by atoms with Gasteiger partial charge in [0.1, 0.15) is 5.75 Å². The Labute approximate surface area is 113 Å². The van der Waals surface area contributed by atoms with E-state index in [4.69, 9.17) is 10.5 Å². The van der Waals surface area contributed by atoms with Crippen molar-refractivity contribution in [3.05, 3.63) is 28.2 Å². The van der Waals surface area contributed by atoms with Gasteiger partial charge in [0.05, 0.1) is 6.61 Å². The predicted octanol–water partition coefficient (Wildman–Crippen LogP) is 4.26. The van der Waals surface area contributed by atoms with Gasteiger partial charge in [-0.3, -0.25) is 0 Å². The Balaban J connectivity index is 2.32. The summed E-state index contributed by atoms with van der Waals surface area (Å²) < 4.78 is 6.82. The standard InChI is InChI=1S/C14H22BrNO/c1-2-3-4-5-6-9-17-14-10-13(15)8-7-12(14)11-16/h7-8,10H,2-6,9,11,16H2,1H3. The molecule has 1 aromatic carbocycles. The van der Waals surface area contributed by atoms with Crippen molar-refractivity contribution in [1.29, 1.82) is 0 Å². The Bertz CT molecular complexity index is 328. The van der Waals surface area contributed by atoms with Gasteiger partial charge >= 0.3 is 0 Å². The van der Waals surface area contributed by atoms with Gasteiger partial charge in [0.2, 0.25) is 0 Å². The van der Waals surface area contributed by atoms with E-state index < -0.39 is 0 Å². The number of ether oxygens (including phenoxy) is 1. The van der Waals surface area contributed by atoms with Crippen LogP contribution in [-0.2, 0) is 6.54 Å². The van der Waals surface area contributed by atoms with Crippen LogP contribution in [0.2, 0.25) is 0 Å². The molecule has 0 saturated heterocycles. The van der Waals surface area contributed by atoms with E-state index in [0.717, 1.165) is 28.8 Å². The molecule has 0 saturated carbocycles. The average Bonchev–Trinajstić information content (AvgIpc) is 2.34. The first-order valence-corrected chi connectivity index (χ1v) is 7.18. The first-order valence-electron chi connectivity index (χ1n) is 6.39. The van der Waals surface area contributed by atoms with Crippen LogP contribution in [0, 0.1) is 0 Å². The molecule has 1 aromatic rings. The number of halogens is 1. The van der Waals surface area contributed by atoms with Crippen molar-refractivity contribution in [2.24, 2.45) is 5.73 Å². The number of rotatable bonds is 8. The molecule has 2 nitrogen and oxygen atoms in total. The van der Waals surface area contributed by atoms with E-state index in [0.29, 0.717) is 6.54 Å². The maximum absolute atomic E-state index is 5.78. The molecule has 0 spiro atoms. The van der Waals surface area contributed by atoms with Crippen molar-refractivity contribution in [3.8, 4) is 5.75 Å². The van der Waals surface area contributed by atoms with Gasteiger partial charge in [-0.05, 0) is 18.6 Å².